The normalized spacial score (nSPS) is 13.5. The second kappa shape index (κ2) is 15.1. The van der Waals surface area contributed by atoms with E-state index in [9.17, 15) is 26.7 Å². The molecule has 7 rings (SSSR count). The lowest BCUT2D eigenvalue weighted by atomic mass is 9.97. The van der Waals surface area contributed by atoms with E-state index in [4.69, 9.17) is 23.7 Å². The Hall–Kier alpha value is -6.32. The molecule has 0 unspecified atom stereocenters. The molecule has 0 aromatic heterocycles. The Morgan fingerprint density at radius 3 is 1.21 bits per heavy atom. The van der Waals surface area contributed by atoms with Crippen molar-refractivity contribution in [2.24, 2.45) is 0 Å². The van der Waals surface area contributed by atoms with Gasteiger partial charge < -0.3 is 23.7 Å². The number of ketones is 1. The largest absolute Gasteiger partial charge is 0.497 e. The average molecular weight is 783 g/mol. The van der Waals surface area contributed by atoms with Crippen molar-refractivity contribution in [3.63, 3.8) is 0 Å². The Bertz CT molecular complexity index is 2390. The Kier molecular flexibility index (Phi) is 10.2. The van der Waals surface area contributed by atoms with Gasteiger partial charge in [-0.25, -0.2) is 30.7 Å². The lowest BCUT2D eigenvalue weighted by molar-refractivity contribution is -0.129. The summed E-state index contributed by atoms with van der Waals surface area (Å²) in [6.07, 6.45) is 0. The number of ether oxygens (including phenoxy) is 5. The number of methoxy groups -OCH3 is 1. The Labute approximate surface area is 311 Å². The monoisotopic (exact) mass is 782 g/mol. The standard InChI is InChI=1S/C41H23F9O6/c1-52-24-10-2-20(3-11-24)39(51)21-4-12-25(13-5-21)55-26-14-6-22(7-15-26)41(53-18-19-54-41)23-8-16-27(17-9-23)56-40-37(49)32(44)29(33(45)38(40)50)28-30(42)34(46)36(48)35(47)31(28)43/h2-17H,18-19H2,1H3. The molecule has 1 heterocycles. The van der Waals surface area contributed by atoms with Crippen LogP contribution in [-0.2, 0) is 15.3 Å². The molecule has 15 heteroatoms. The SMILES string of the molecule is COc1ccc(C(=O)c2ccc(Oc3ccc(C4(c5ccc(Oc6c(F)c(F)c(-c7c(F)c(F)c(F)c(F)c7F)c(F)c6F)cc5)OCCO4)cc3)cc2)cc1. The van der Waals surface area contributed by atoms with Crippen LogP contribution in [0.5, 0.6) is 28.7 Å². The molecule has 6 aromatic rings. The molecule has 56 heavy (non-hydrogen) atoms. The van der Waals surface area contributed by atoms with Crippen LogP contribution in [0, 0.1) is 52.4 Å². The van der Waals surface area contributed by atoms with Gasteiger partial charge in [-0.1, -0.05) is 0 Å². The molecular formula is C41H23F9O6. The van der Waals surface area contributed by atoms with Crippen LogP contribution in [-0.4, -0.2) is 26.1 Å². The smallest absolute Gasteiger partial charge is 0.222 e. The quantitative estimate of drug-likeness (QED) is 0.0597. The zero-order valence-corrected chi connectivity index (χ0v) is 28.5. The zero-order valence-electron chi connectivity index (χ0n) is 28.5. The van der Waals surface area contributed by atoms with Gasteiger partial charge in [-0.15, -0.1) is 0 Å². The van der Waals surface area contributed by atoms with E-state index >= 15 is 17.6 Å². The molecule has 0 saturated carbocycles. The van der Waals surface area contributed by atoms with E-state index in [1.165, 1.54) is 19.2 Å². The number of benzene rings is 6. The van der Waals surface area contributed by atoms with Gasteiger partial charge in [0.2, 0.25) is 29.0 Å². The third kappa shape index (κ3) is 6.68. The summed E-state index contributed by atoms with van der Waals surface area (Å²) in [7, 11) is 1.53. The first kappa shape index (κ1) is 38.0. The summed E-state index contributed by atoms with van der Waals surface area (Å²) in [4.78, 5) is 12.9. The number of carbonyl (C=O) groups excluding carboxylic acids is 1. The fourth-order valence-corrected chi connectivity index (χ4v) is 5.98. The van der Waals surface area contributed by atoms with E-state index in [0.29, 0.717) is 39.5 Å². The number of hydrogen-bond acceptors (Lipinski definition) is 6. The van der Waals surface area contributed by atoms with Gasteiger partial charge in [-0.05, 0) is 97.1 Å². The summed E-state index contributed by atoms with van der Waals surface area (Å²) in [6.45, 7) is 0.338. The summed E-state index contributed by atoms with van der Waals surface area (Å²) < 4.78 is 158. The van der Waals surface area contributed by atoms with Crippen LogP contribution in [0.4, 0.5) is 39.5 Å². The molecule has 286 valence electrons. The molecule has 0 N–H and O–H groups in total. The van der Waals surface area contributed by atoms with Gasteiger partial charge in [0.1, 0.15) is 23.0 Å². The van der Waals surface area contributed by atoms with Crippen LogP contribution in [0.2, 0.25) is 0 Å². The Morgan fingerprint density at radius 1 is 0.464 bits per heavy atom. The second-order valence-electron chi connectivity index (χ2n) is 12.1. The minimum atomic E-state index is -2.67. The minimum absolute atomic E-state index is 0.169. The predicted molar refractivity (Wildman–Crippen MR) is 180 cm³/mol. The van der Waals surface area contributed by atoms with Crippen LogP contribution in [0.25, 0.3) is 11.1 Å². The summed E-state index contributed by atoms with van der Waals surface area (Å²) in [5.74, 6) is -25.1. The molecule has 0 spiro atoms. The van der Waals surface area contributed by atoms with Gasteiger partial charge in [0.15, 0.2) is 40.7 Å². The molecule has 1 aliphatic heterocycles. The van der Waals surface area contributed by atoms with Crippen molar-refractivity contribution in [2.75, 3.05) is 20.3 Å². The van der Waals surface area contributed by atoms with Crippen LogP contribution in [0.3, 0.4) is 0 Å². The highest BCUT2D eigenvalue weighted by molar-refractivity contribution is 6.09. The summed E-state index contributed by atoms with van der Waals surface area (Å²) in [5.41, 5.74) is -2.58. The van der Waals surface area contributed by atoms with Crippen molar-refractivity contribution in [1.82, 2.24) is 0 Å². The predicted octanol–water partition coefficient (Wildman–Crippen LogP) is 10.7. The number of carbonyl (C=O) groups is 1. The van der Waals surface area contributed by atoms with Gasteiger partial charge in [-0.3, -0.25) is 4.79 Å². The lowest BCUT2D eigenvalue weighted by Gasteiger charge is -2.28. The van der Waals surface area contributed by atoms with Gasteiger partial charge >= 0.3 is 0 Å². The number of rotatable bonds is 10. The first-order chi connectivity index (χ1) is 26.8. The maximum absolute atomic E-state index is 15.1. The molecule has 6 nitrogen and oxygen atoms in total. The van der Waals surface area contributed by atoms with E-state index in [1.54, 1.807) is 72.8 Å². The van der Waals surface area contributed by atoms with Crippen molar-refractivity contribution >= 4 is 5.78 Å². The summed E-state index contributed by atoms with van der Waals surface area (Å²) >= 11 is 0. The summed E-state index contributed by atoms with van der Waals surface area (Å²) in [5, 5.41) is 0. The maximum Gasteiger partial charge on any atom is 0.222 e. The Morgan fingerprint density at radius 2 is 0.804 bits per heavy atom. The van der Waals surface area contributed by atoms with Crippen molar-refractivity contribution in [1.29, 1.82) is 0 Å². The highest BCUT2D eigenvalue weighted by Gasteiger charge is 2.41. The van der Waals surface area contributed by atoms with Crippen LogP contribution < -0.4 is 14.2 Å². The molecule has 0 aliphatic carbocycles. The van der Waals surface area contributed by atoms with Crippen molar-refractivity contribution in [3.05, 3.63) is 172 Å². The minimum Gasteiger partial charge on any atom is -0.497 e. The summed E-state index contributed by atoms with van der Waals surface area (Å²) in [6, 6.07) is 24.9. The number of halogens is 9. The topological polar surface area (TPSA) is 63.2 Å². The van der Waals surface area contributed by atoms with Crippen molar-refractivity contribution < 1.29 is 68.0 Å². The average Bonchev–Trinajstić information content (AvgIpc) is 3.73. The zero-order chi connectivity index (χ0) is 39.9. The maximum atomic E-state index is 15.1. The highest BCUT2D eigenvalue weighted by atomic mass is 19.2. The van der Waals surface area contributed by atoms with E-state index in [0.717, 1.165) is 12.1 Å². The van der Waals surface area contributed by atoms with E-state index < -0.39 is 75.0 Å². The molecular weight excluding hydrogens is 759 g/mol. The van der Waals surface area contributed by atoms with E-state index in [-0.39, 0.29) is 24.7 Å². The number of hydrogen-bond donors (Lipinski definition) is 0. The fraction of sp³-hybridized carbons (Fsp3) is 0.0976. The van der Waals surface area contributed by atoms with Crippen LogP contribution in [0.1, 0.15) is 27.0 Å². The molecule has 0 amide bonds. The van der Waals surface area contributed by atoms with Gasteiger partial charge in [0.25, 0.3) is 0 Å². The van der Waals surface area contributed by atoms with Gasteiger partial charge in [-0.2, -0.15) is 8.78 Å². The van der Waals surface area contributed by atoms with E-state index in [1.807, 2.05) is 0 Å². The molecule has 6 aromatic carbocycles. The first-order valence-electron chi connectivity index (χ1n) is 16.4. The lowest BCUT2D eigenvalue weighted by Crippen LogP contribution is -2.28. The molecule has 1 aliphatic rings. The highest BCUT2D eigenvalue weighted by Crippen LogP contribution is 2.43. The molecule has 1 fully saturated rings. The van der Waals surface area contributed by atoms with Crippen LogP contribution >= 0.6 is 0 Å². The Balaban J connectivity index is 1.09. The van der Waals surface area contributed by atoms with Crippen molar-refractivity contribution in [2.45, 2.75) is 5.79 Å². The molecule has 0 radical (unpaired) electrons. The first-order valence-corrected chi connectivity index (χ1v) is 16.4. The molecule has 0 atom stereocenters. The van der Waals surface area contributed by atoms with Crippen LogP contribution in [0.15, 0.2) is 97.1 Å². The second-order valence-corrected chi connectivity index (χ2v) is 12.1. The molecule has 0 bridgehead atoms. The van der Waals surface area contributed by atoms with Crippen molar-refractivity contribution in [3.8, 4) is 39.9 Å². The van der Waals surface area contributed by atoms with Gasteiger partial charge in [0, 0.05) is 22.3 Å². The fourth-order valence-electron chi connectivity index (χ4n) is 5.98. The third-order valence-corrected chi connectivity index (χ3v) is 8.77. The van der Waals surface area contributed by atoms with E-state index in [2.05, 4.69) is 0 Å². The van der Waals surface area contributed by atoms with Gasteiger partial charge in [0.05, 0.1) is 31.5 Å². The third-order valence-electron chi connectivity index (χ3n) is 8.77. The molecule has 1 saturated heterocycles.